The molecular formula is C12H22O. The molecule has 3 atom stereocenters. The van der Waals surface area contributed by atoms with Crippen LogP contribution >= 0.6 is 0 Å². The highest BCUT2D eigenvalue weighted by Crippen LogP contribution is 2.60. The summed E-state index contributed by atoms with van der Waals surface area (Å²) in [5, 5.41) is 0. The topological polar surface area (TPSA) is 9.23 Å². The summed E-state index contributed by atoms with van der Waals surface area (Å²) in [6, 6.07) is 0. The van der Waals surface area contributed by atoms with Gasteiger partial charge in [0, 0.05) is 0 Å². The molecule has 0 N–H and O–H groups in total. The van der Waals surface area contributed by atoms with Gasteiger partial charge in [0.1, 0.15) is 0 Å². The predicted molar refractivity (Wildman–Crippen MR) is 54.7 cm³/mol. The van der Waals surface area contributed by atoms with Crippen molar-refractivity contribution in [2.75, 3.05) is 0 Å². The van der Waals surface area contributed by atoms with Gasteiger partial charge in [-0.1, -0.05) is 13.8 Å². The largest absolute Gasteiger partial charge is 0.369 e. The molecule has 1 unspecified atom stereocenters. The molecule has 2 fully saturated rings. The van der Waals surface area contributed by atoms with E-state index in [0.29, 0.717) is 5.41 Å². The lowest BCUT2D eigenvalue weighted by molar-refractivity contribution is -0.106. The average Bonchev–Trinajstić information content (AvgIpc) is 2.10. The molecule has 0 aromatic carbocycles. The van der Waals surface area contributed by atoms with E-state index in [1.807, 2.05) is 0 Å². The summed E-state index contributed by atoms with van der Waals surface area (Å²) in [4.78, 5) is 0. The highest BCUT2D eigenvalue weighted by Gasteiger charge is 2.60. The minimum absolute atomic E-state index is 0.0759. The van der Waals surface area contributed by atoms with E-state index in [2.05, 4.69) is 34.6 Å². The lowest BCUT2D eigenvalue weighted by Gasteiger charge is -2.39. The third-order valence-corrected chi connectivity index (χ3v) is 4.85. The first-order chi connectivity index (χ1) is 5.79. The Morgan fingerprint density at radius 2 is 1.77 bits per heavy atom. The van der Waals surface area contributed by atoms with Crippen LogP contribution in [0.3, 0.4) is 0 Å². The summed E-state index contributed by atoms with van der Waals surface area (Å²) in [5.41, 5.74) is 0.636. The third-order valence-electron chi connectivity index (χ3n) is 4.85. The van der Waals surface area contributed by atoms with E-state index in [-0.39, 0.29) is 11.2 Å². The van der Waals surface area contributed by atoms with Crippen molar-refractivity contribution in [1.29, 1.82) is 0 Å². The summed E-state index contributed by atoms with van der Waals surface area (Å²) in [6.07, 6.45) is 3.90. The SMILES string of the molecule is C[C@H]1CC[C@]2(C)CC1(C)OC2(C)C. The van der Waals surface area contributed by atoms with E-state index in [0.717, 1.165) is 5.92 Å². The van der Waals surface area contributed by atoms with Crippen LogP contribution in [0.4, 0.5) is 0 Å². The van der Waals surface area contributed by atoms with Gasteiger partial charge in [0.25, 0.3) is 0 Å². The number of rotatable bonds is 0. The van der Waals surface area contributed by atoms with Gasteiger partial charge in [-0.2, -0.15) is 0 Å². The summed E-state index contributed by atoms with van der Waals surface area (Å²) < 4.78 is 6.28. The van der Waals surface area contributed by atoms with Crippen molar-refractivity contribution < 1.29 is 4.74 Å². The Labute approximate surface area is 81.9 Å². The number of ether oxygens (including phenoxy) is 1. The highest BCUT2D eigenvalue weighted by molar-refractivity contribution is 5.09. The van der Waals surface area contributed by atoms with Crippen molar-refractivity contribution in [1.82, 2.24) is 0 Å². The average molecular weight is 182 g/mol. The van der Waals surface area contributed by atoms with Gasteiger partial charge >= 0.3 is 0 Å². The fourth-order valence-electron chi connectivity index (χ4n) is 3.23. The second-order valence-electron chi connectivity index (χ2n) is 6.10. The molecule has 2 bridgehead atoms. The molecule has 1 nitrogen and oxygen atoms in total. The Kier molecular flexibility index (Phi) is 1.69. The lowest BCUT2D eigenvalue weighted by Crippen LogP contribution is -2.38. The van der Waals surface area contributed by atoms with Crippen molar-refractivity contribution in [3.05, 3.63) is 0 Å². The lowest BCUT2D eigenvalue weighted by atomic mass is 9.62. The first kappa shape index (κ1) is 9.51. The molecule has 0 aromatic rings. The molecule has 0 amide bonds. The zero-order chi connectivity index (χ0) is 9.91. The van der Waals surface area contributed by atoms with E-state index < -0.39 is 0 Å². The van der Waals surface area contributed by atoms with Crippen LogP contribution in [-0.2, 0) is 4.74 Å². The monoisotopic (exact) mass is 182 g/mol. The minimum Gasteiger partial charge on any atom is -0.369 e. The van der Waals surface area contributed by atoms with Crippen LogP contribution < -0.4 is 0 Å². The Morgan fingerprint density at radius 3 is 2.31 bits per heavy atom. The molecule has 1 heteroatoms. The Balaban J connectivity index is 2.37. The second kappa shape index (κ2) is 2.31. The van der Waals surface area contributed by atoms with Crippen LogP contribution in [-0.4, -0.2) is 11.2 Å². The molecule has 1 saturated heterocycles. The molecule has 1 saturated carbocycles. The van der Waals surface area contributed by atoms with Crippen LogP contribution in [0.5, 0.6) is 0 Å². The van der Waals surface area contributed by atoms with Gasteiger partial charge in [-0.3, -0.25) is 0 Å². The zero-order valence-corrected chi connectivity index (χ0v) is 9.61. The van der Waals surface area contributed by atoms with Gasteiger partial charge in [0.15, 0.2) is 0 Å². The maximum Gasteiger partial charge on any atom is 0.0693 e. The minimum atomic E-state index is 0.0759. The summed E-state index contributed by atoms with van der Waals surface area (Å²) >= 11 is 0. The fraction of sp³-hybridized carbons (Fsp3) is 1.00. The molecule has 13 heavy (non-hydrogen) atoms. The summed E-state index contributed by atoms with van der Waals surface area (Å²) in [5.74, 6) is 0.724. The maximum absolute atomic E-state index is 6.28. The van der Waals surface area contributed by atoms with Crippen LogP contribution in [0.1, 0.15) is 53.9 Å². The van der Waals surface area contributed by atoms with Crippen LogP contribution in [0, 0.1) is 11.3 Å². The molecule has 2 aliphatic rings. The molecule has 1 aliphatic carbocycles. The maximum atomic E-state index is 6.28. The first-order valence-electron chi connectivity index (χ1n) is 5.49. The fourth-order valence-corrected chi connectivity index (χ4v) is 3.23. The smallest absolute Gasteiger partial charge is 0.0693 e. The third kappa shape index (κ3) is 1.09. The van der Waals surface area contributed by atoms with E-state index >= 15 is 0 Å². The first-order valence-corrected chi connectivity index (χ1v) is 5.49. The van der Waals surface area contributed by atoms with Gasteiger partial charge in [-0.05, 0) is 51.4 Å². The molecule has 0 spiro atoms. The van der Waals surface area contributed by atoms with Crippen molar-refractivity contribution >= 4 is 0 Å². The Morgan fingerprint density at radius 1 is 1.15 bits per heavy atom. The molecule has 2 rings (SSSR count). The van der Waals surface area contributed by atoms with Gasteiger partial charge in [0.05, 0.1) is 11.2 Å². The van der Waals surface area contributed by atoms with Gasteiger partial charge in [-0.15, -0.1) is 0 Å². The van der Waals surface area contributed by atoms with Crippen LogP contribution in [0.2, 0.25) is 0 Å². The molecule has 1 heterocycles. The number of hydrogen-bond acceptors (Lipinski definition) is 1. The quantitative estimate of drug-likeness (QED) is 0.558. The van der Waals surface area contributed by atoms with Crippen molar-refractivity contribution in [2.24, 2.45) is 11.3 Å². The molecule has 0 radical (unpaired) electrons. The summed E-state index contributed by atoms with van der Waals surface area (Å²) in [7, 11) is 0. The second-order valence-corrected chi connectivity index (χ2v) is 6.10. The van der Waals surface area contributed by atoms with E-state index in [9.17, 15) is 0 Å². The number of hydrogen-bond donors (Lipinski definition) is 0. The molecule has 0 aromatic heterocycles. The van der Waals surface area contributed by atoms with E-state index in [1.165, 1.54) is 19.3 Å². The van der Waals surface area contributed by atoms with E-state index in [4.69, 9.17) is 4.74 Å². The van der Waals surface area contributed by atoms with Gasteiger partial charge in [-0.25, -0.2) is 0 Å². The molecule has 76 valence electrons. The summed E-state index contributed by atoms with van der Waals surface area (Å²) in [6.45, 7) is 11.5. The zero-order valence-electron chi connectivity index (χ0n) is 9.61. The van der Waals surface area contributed by atoms with Gasteiger partial charge in [0.2, 0.25) is 0 Å². The Bertz CT molecular complexity index is 229. The van der Waals surface area contributed by atoms with Crippen LogP contribution in [0.15, 0.2) is 0 Å². The van der Waals surface area contributed by atoms with Crippen molar-refractivity contribution in [2.45, 2.75) is 65.1 Å². The van der Waals surface area contributed by atoms with Crippen LogP contribution in [0.25, 0.3) is 0 Å². The molecule has 1 aliphatic heterocycles. The van der Waals surface area contributed by atoms with Crippen molar-refractivity contribution in [3.63, 3.8) is 0 Å². The normalized spacial score (nSPS) is 53.8. The number of fused-ring (bicyclic) bond motifs is 2. The van der Waals surface area contributed by atoms with Crippen molar-refractivity contribution in [3.8, 4) is 0 Å². The highest BCUT2D eigenvalue weighted by atomic mass is 16.5. The standard InChI is InChI=1S/C12H22O/c1-9-6-7-11(4)8-12(9,5)13-10(11,2)3/h9H,6-8H2,1-5H3/t9-,11+,12?/m0/s1. The molecular weight excluding hydrogens is 160 g/mol. The Hall–Kier alpha value is -0.0400. The van der Waals surface area contributed by atoms with E-state index in [1.54, 1.807) is 0 Å². The van der Waals surface area contributed by atoms with Gasteiger partial charge < -0.3 is 4.74 Å². The predicted octanol–water partition coefficient (Wildman–Crippen LogP) is 3.38.